The average molecular weight is 922 g/mol. The Morgan fingerprint density at radius 3 is 2.14 bits per heavy atom. The van der Waals surface area contributed by atoms with Crippen LogP contribution in [0.5, 0.6) is 11.5 Å². The Kier molecular flexibility index (Phi) is 10.2. The van der Waals surface area contributed by atoms with Gasteiger partial charge in [0.05, 0.1) is 22.4 Å². The van der Waals surface area contributed by atoms with Crippen LogP contribution in [0.2, 0.25) is 0 Å². The monoisotopic (exact) mass is 922 g/mol. The molecule has 0 amide bonds. The fraction of sp³-hybridized carbons (Fsp3) is 0.176. The number of para-hydroxylation sites is 4. The van der Waals surface area contributed by atoms with E-state index in [2.05, 4.69) is 136 Å². The number of pyridine rings is 1. The van der Waals surface area contributed by atoms with E-state index in [1.165, 1.54) is 22.4 Å². The molecule has 0 atom stereocenters. The Labute approximate surface area is 347 Å². The van der Waals surface area contributed by atoms with E-state index in [1.807, 2.05) is 60.7 Å². The molecule has 1 aliphatic rings. The summed E-state index contributed by atoms with van der Waals surface area (Å²) in [6.07, 6.45) is 1.79. The van der Waals surface area contributed by atoms with Crippen LogP contribution in [0, 0.1) is 12.1 Å². The van der Waals surface area contributed by atoms with E-state index in [4.69, 9.17) is 14.1 Å². The first-order valence-corrected chi connectivity index (χ1v) is 19.4. The van der Waals surface area contributed by atoms with Gasteiger partial charge in [0.25, 0.3) is 0 Å². The Morgan fingerprint density at radius 2 is 1.40 bits per heavy atom. The van der Waals surface area contributed by atoms with Gasteiger partial charge in [0, 0.05) is 60.0 Å². The number of ether oxygens (including phenoxy) is 1. The molecule has 0 saturated carbocycles. The van der Waals surface area contributed by atoms with E-state index >= 15 is 0 Å². The van der Waals surface area contributed by atoms with Crippen LogP contribution in [0.1, 0.15) is 75.6 Å². The molecular weight excluding hydrogens is 879 g/mol. The van der Waals surface area contributed by atoms with E-state index in [-0.39, 0.29) is 25.5 Å². The van der Waals surface area contributed by atoms with Crippen molar-refractivity contribution in [2.45, 2.75) is 58.8 Å². The number of rotatable bonds is 5. The van der Waals surface area contributed by atoms with Crippen LogP contribution < -0.4 is 4.74 Å². The van der Waals surface area contributed by atoms with Gasteiger partial charge in [-0.25, -0.2) is 0 Å². The maximum atomic E-state index is 6.74. The van der Waals surface area contributed by atoms with Gasteiger partial charge >= 0.3 is 0 Å². The van der Waals surface area contributed by atoms with Gasteiger partial charge in [-0.3, -0.25) is 4.98 Å². The molecular formula is C51H43IrN3O2-2. The van der Waals surface area contributed by atoms with E-state index in [0.717, 1.165) is 72.7 Å². The van der Waals surface area contributed by atoms with Gasteiger partial charge < -0.3 is 18.7 Å². The number of furan rings is 1. The second-order valence-corrected chi connectivity index (χ2v) is 15.6. The molecule has 0 spiro atoms. The molecule has 57 heavy (non-hydrogen) atoms. The minimum absolute atomic E-state index is 0. The van der Waals surface area contributed by atoms with Crippen LogP contribution in [0.4, 0.5) is 0 Å². The quantitative estimate of drug-likeness (QED) is 0.161. The molecule has 1 radical (unpaired) electrons. The molecule has 10 rings (SSSR count). The van der Waals surface area contributed by atoms with Crippen LogP contribution in [0.3, 0.4) is 0 Å². The fourth-order valence-electron chi connectivity index (χ4n) is 8.11. The standard InChI is InChI=1S/C40H35N2O2.C11H8N.Ir/c1-23(2)25-13-11-14-26(24(3)4)37(25)42-33-19-9-8-18-32(33)41-39(42)28-16-12-15-27-29-21-31-36(22-35(29)44-38(27)28)43-34-20-10-7-17-30(34)40(31,5)6;1-2-6-10(7-3-1)11-8-4-5-9-12-11;/h7-15,17-24H,1-6H3;1-6,8-9H;/q2*-1;. The predicted octanol–water partition coefficient (Wildman–Crippen LogP) is 13.6. The average Bonchev–Trinajstić information content (AvgIpc) is 3.79. The van der Waals surface area contributed by atoms with Crippen LogP contribution in [-0.2, 0) is 25.5 Å². The third-order valence-corrected chi connectivity index (χ3v) is 11.0. The summed E-state index contributed by atoms with van der Waals surface area (Å²) in [5, 5.41) is 2.12. The van der Waals surface area contributed by atoms with Gasteiger partial charge in [0.15, 0.2) is 0 Å². The van der Waals surface area contributed by atoms with Gasteiger partial charge in [-0.15, -0.1) is 54.1 Å². The summed E-state index contributed by atoms with van der Waals surface area (Å²) in [5.41, 5.74) is 12.4. The van der Waals surface area contributed by atoms with Crippen LogP contribution in [0.25, 0.3) is 61.3 Å². The molecule has 4 heterocycles. The molecule has 0 N–H and O–H groups in total. The maximum Gasteiger partial charge on any atom is 0.135 e. The van der Waals surface area contributed by atoms with Crippen molar-refractivity contribution in [1.82, 2.24) is 14.5 Å². The minimum Gasteiger partial charge on any atom is -0.500 e. The molecule has 0 bridgehead atoms. The van der Waals surface area contributed by atoms with Crippen molar-refractivity contribution < 1.29 is 29.3 Å². The number of benzene rings is 6. The molecule has 1 aliphatic heterocycles. The zero-order valence-corrected chi connectivity index (χ0v) is 35.3. The minimum atomic E-state index is -0.215. The summed E-state index contributed by atoms with van der Waals surface area (Å²) >= 11 is 0. The number of fused-ring (bicyclic) bond motifs is 6. The molecule has 0 unspecified atom stereocenters. The molecule has 9 aromatic rings. The van der Waals surface area contributed by atoms with E-state index in [0.29, 0.717) is 11.8 Å². The van der Waals surface area contributed by atoms with E-state index < -0.39 is 0 Å². The van der Waals surface area contributed by atoms with Crippen LogP contribution in [0.15, 0.2) is 144 Å². The molecule has 0 aliphatic carbocycles. The number of aromatic nitrogens is 3. The molecule has 0 saturated heterocycles. The zero-order valence-electron chi connectivity index (χ0n) is 32.9. The summed E-state index contributed by atoms with van der Waals surface area (Å²) in [4.78, 5) is 9.47. The van der Waals surface area contributed by atoms with Crippen molar-refractivity contribution in [3.8, 4) is 39.8 Å². The Hall–Kier alpha value is -5.81. The second-order valence-electron chi connectivity index (χ2n) is 15.6. The van der Waals surface area contributed by atoms with E-state index in [1.54, 1.807) is 6.20 Å². The maximum absolute atomic E-state index is 6.74. The number of nitrogens with zero attached hydrogens (tertiary/aromatic N) is 3. The Balaban J connectivity index is 0.000000300. The van der Waals surface area contributed by atoms with Crippen molar-refractivity contribution in [2.75, 3.05) is 0 Å². The Bertz CT molecular complexity index is 2810. The fourth-order valence-corrected chi connectivity index (χ4v) is 8.11. The first-order chi connectivity index (χ1) is 27.2. The molecule has 285 valence electrons. The summed E-state index contributed by atoms with van der Waals surface area (Å²) < 4.78 is 15.5. The van der Waals surface area contributed by atoms with Crippen LogP contribution in [-0.4, -0.2) is 14.5 Å². The van der Waals surface area contributed by atoms with Crippen LogP contribution >= 0.6 is 0 Å². The van der Waals surface area contributed by atoms with Gasteiger partial charge in [0.2, 0.25) is 0 Å². The topological polar surface area (TPSA) is 53.1 Å². The van der Waals surface area contributed by atoms with E-state index in [9.17, 15) is 0 Å². The number of imidazole rings is 1. The van der Waals surface area contributed by atoms with Gasteiger partial charge in [-0.05, 0) is 59.0 Å². The third kappa shape index (κ3) is 6.67. The normalized spacial score (nSPS) is 12.8. The molecule has 6 heteroatoms. The number of hydrogen-bond acceptors (Lipinski definition) is 4. The molecule has 0 fully saturated rings. The van der Waals surface area contributed by atoms with Gasteiger partial charge in [-0.2, -0.15) is 0 Å². The first-order valence-electron chi connectivity index (χ1n) is 19.4. The summed E-state index contributed by atoms with van der Waals surface area (Å²) in [7, 11) is 0. The summed E-state index contributed by atoms with van der Waals surface area (Å²) in [6, 6.07) is 52.2. The zero-order chi connectivity index (χ0) is 38.6. The summed E-state index contributed by atoms with van der Waals surface area (Å²) in [6.45, 7) is 13.6. The SMILES string of the molecule is CC(C)c1cccc(C(C)C)c1-n1c(-c2[c-]ccc3c2oc2cc4c(cc23)C(C)(C)c2ccccc2O4)nc2ccccc21.[Ir].[c-]1ccccc1-c1ccccn1. The van der Waals surface area contributed by atoms with Crippen molar-refractivity contribution in [1.29, 1.82) is 0 Å². The first kappa shape index (κ1) is 38.1. The van der Waals surface area contributed by atoms with Crippen molar-refractivity contribution in [3.63, 3.8) is 0 Å². The second kappa shape index (κ2) is 15.3. The van der Waals surface area contributed by atoms with Crippen molar-refractivity contribution in [3.05, 3.63) is 174 Å². The predicted molar refractivity (Wildman–Crippen MR) is 228 cm³/mol. The Morgan fingerprint density at radius 1 is 0.667 bits per heavy atom. The third-order valence-electron chi connectivity index (χ3n) is 11.0. The van der Waals surface area contributed by atoms with Crippen molar-refractivity contribution in [2.24, 2.45) is 0 Å². The summed E-state index contributed by atoms with van der Waals surface area (Å²) in [5.74, 6) is 3.24. The number of hydrogen-bond donors (Lipinski definition) is 0. The largest absolute Gasteiger partial charge is 0.500 e. The molecule has 5 nitrogen and oxygen atoms in total. The smallest absolute Gasteiger partial charge is 0.135 e. The van der Waals surface area contributed by atoms with Gasteiger partial charge in [0.1, 0.15) is 17.1 Å². The van der Waals surface area contributed by atoms with Crippen molar-refractivity contribution >= 4 is 33.0 Å². The molecule has 6 aromatic carbocycles. The van der Waals surface area contributed by atoms with Gasteiger partial charge in [-0.1, -0.05) is 113 Å². The molecule has 3 aromatic heterocycles.